The Morgan fingerprint density at radius 1 is 1.17 bits per heavy atom. The van der Waals surface area contributed by atoms with Gasteiger partial charge in [0.2, 0.25) is 5.78 Å². The van der Waals surface area contributed by atoms with E-state index in [1.165, 1.54) is 0 Å². The largest absolute Gasteiger partial charge is 0.454 e. The second-order valence-corrected chi connectivity index (χ2v) is 5.78. The Morgan fingerprint density at radius 3 is 2.62 bits per heavy atom. The van der Waals surface area contributed by atoms with Crippen LogP contribution in [0.15, 0.2) is 36.5 Å². The second-order valence-electron chi connectivity index (χ2n) is 5.78. The first kappa shape index (κ1) is 16.1. The molecule has 0 aliphatic heterocycles. The molecule has 3 rings (SSSR count). The van der Waals surface area contributed by atoms with Crippen LogP contribution in [0.5, 0.6) is 0 Å². The highest BCUT2D eigenvalue weighted by molar-refractivity contribution is 6.05. The van der Waals surface area contributed by atoms with Crippen molar-refractivity contribution in [2.24, 2.45) is 0 Å². The fraction of sp³-hybridized carbons (Fsp3) is 0.263. The molecule has 0 atom stereocenters. The van der Waals surface area contributed by atoms with Gasteiger partial charge in [-0.2, -0.15) is 0 Å². The molecule has 0 fully saturated rings. The lowest BCUT2D eigenvalue weighted by molar-refractivity contribution is 0.0476. The van der Waals surface area contributed by atoms with E-state index in [1.807, 2.05) is 51.1 Å². The number of nitrogens with one attached hydrogen (secondary N) is 1. The minimum Gasteiger partial charge on any atom is -0.454 e. The van der Waals surface area contributed by atoms with E-state index in [0.717, 1.165) is 28.8 Å². The van der Waals surface area contributed by atoms with E-state index in [0.29, 0.717) is 11.1 Å². The summed E-state index contributed by atoms with van der Waals surface area (Å²) in [4.78, 5) is 27.7. The molecule has 0 radical (unpaired) electrons. The zero-order chi connectivity index (χ0) is 17.3. The third kappa shape index (κ3) is 2.73. The van der Waals surface area contributed by atoms with Crippen LogP contribution in [-0.2, 0) is 11.3 Å². The third-order valence-electron chi connectivity index (χ3n) is 4.33. The van der Waals surface area contributed by atoms with Crippen LogP contribution in [0.4, 0.5) is 0 Å². The van der Waals surface area contributed by atoms with Gasteiger partial charge in [0.25, 0.3) is 0 Å². The zero-order valence-corrected chi connectivity index (χ0v) is 14.1. The number of aryl methyl sites for hydroxylation is 1. The van der Waals surface area contributed by atoms with Crippen LogP contribution in [0.1, 0.15) is 39.0 Å². The summed E-state index contributed by atoms with van der Waals surface area (Å²) in [6, 6.07) is 9.33. The first-order valence-electron chi connectivity index (χ1n) is 7.96. The average molecular weight is 324 g/mol. The highest BCUT2D eigenvalue weighted by atomic mass is 16.5. The first-order chi connectivity index (χ1) is 11.5. The molecule has 5 nitrogen and oxygen atoms in total. The normalized spacial score (nSPS) is 11.0. The number of carbonyl (C=O) groups is 2. The number of hydrogen-bond acceptors (Lipinski definition) is 3. The van der Waals surface area contributed by atoms with Crippen molar-refractivity contribution < 1.29 is 14.3 Å². The quantitative estimate of drug-likeness (QED) is 0.575. The van der Waals surface area contributed by atoms with E-state index in [4.69, 9.17) is 4.74 Å². The molecule has 0 unspecified atom stereocenters. The summed E-state index contributed by atoms with van der Waals surface area (Å²) in [7, 11) is 0. The predicted molar refractivity (Wildman–Crippen MR) is 92.5 cm³/mol. The number of para-hydroxylation sites is 1. The fourth-order valence-corrected chi connectivity index (χ4v) is 3.10. The van der Waals surface area contributed by atoms with Crippen LogP contribution in [0.25, 0.3) is 10.9 Å². The lowest BCUT2D eigenvalue weighted by Gasteiger charge is -2.06. The standard InChI is InChI=1S/C19H20N2O3/c1-4-21-12(2)9-15(13(21)3)18(22)11-24-19(23)16-10-20-17-8-6-5-7-14(16)17/h5-10,20H,4,11H2,1-3H3. The number of fused-ring (bicyclic) bond motifs is 1. The molecule has 0 aliphatic carbocycles. The third-order valence-corrected chi connectivity index (χ3v) is 4.33. The molecule has 0 amide bonds. The molecular weight excluding hydrogens is 304 g/mol. The minimum absolute atomic E-state index is 0.184. The summed E-state index contributed by atoms with van der Waals surface area (Å²) in [5.74, 6) is -0.680. The molecule has 1 N–H and O–H groups in total. The molecule has 0 aliphatic rings. The molecule has 2 heterocycles. The van der Waals surface area contributed by atoms with Gasteiger partial charge in [-0.1, -0.05) is 18.2 Å². The van der Waals surface area contributed by atoms with Gasteiger partial charge in [0.05, 0.1) is 5.56 Å². The topological polar surface area (TPSA) is 64.1 Å². The lowest BCUT2D eigenvalue weighted by atomic mass is 10.1. The van der Waals surface area contributed by atoms with Crippen molar-refractivity contribution in [3.05, 3.63) is 59.0 Å². The van der Waals surface area contributed by atoms with Gasteiger partial charge in [-0.3, -0.25) is 4.79 Å². The number of nitrogens with zero attached hydrogens (tertiary/aromatic N) is 1. The Morgan fingerprint density at radius 2 is 1.92 bits per heavy atom. The van der Waals surface area contributed by atoms with Crippen LogP contribution in [0, 0.1) is 13.8 Å². The van der Waals surface area contributed by atoms with Gasteiger partial charge in [-0.25, -0.2) is 4.79 Å². The van der Waals surface area contributed by atoms with E-state index in [-0.39, 0.29) is 12.4 Å². The molecule has 0 saturated carbocycles. The number of H-pyrrole nitrogens is 1. The Kier molecular flexibility index (Phi) is 4.25. The van der Waals surface area contributed by atoms with Crippen molar-refractivity contribution in [1.82, 2.24) is 9.55 Å². The van der Waals surface area contributed by atoms with E-state index in [2.05, 4.69) is 9.55 Å². The smallest absolute Gasteiger partial charge is 0.340 e. The SMILES string of the molecule is CCn1c(C)cc(C(=O)COC(=O)c2c[nH]c3ccccc23)c1C. The summed E-state index contributed by atoms with van der Waals surface area (Å²) >= 11 is 0. The van der Waals surface area contributed by atoms with Crippen LogP contribution >= 0.6 is 0 Å². The van der Waals surface area contributed by atoms with Crippen molar-refractivity contribution in [2.45, 2.75) is 27.3 Å². The van der Waals surface area contributed by atoms with Crippen molar-refractivity contribution >= 4 is 22.7 Å². The molecule has 1 aromatic carbocycles. The van der Waals surface area contributed by atoms with Gasteiger partial charge in [-0.15, -0.1) is 0 Å². The molecule has 0 spiro atoms. The van der Waals surface area contributed by atoms with E-state index < -0.39 is 5.97 Å². The number of aromatic amines is 1. The number of aromatic nitrogens is 2. The molecular formula is C19H20N2O3. The second kappa shape index (κ2) is 6.35. The molecule has 24 heavy (non-hydrogen) atoms. The van der Waals surface area contributed by atoms with E-state index in [9.17, 15) is 9.59 Å². The van der Waals surface area contributed by atoms with E-state index >= 15 is 0 Å². The highest BCUT2D eigenvalue weighted by Gasteiger charge is 2.18. The number of hydrogen-bond donors (Lipinski definition) is 1. The van der Waals surface area contributed by atoms with Gasteiger partial charge < -0.3 is 14.3 Å². The number of ether oxygens (including phenoxy) is 1. The van der Waals surface area contributed by atoms with Crippen LogP contribution < -0.4 is 0 Å². The Balaban J connectivity index is 1.73. The van der Waals surface area contributed by atoms with Gasteiger partial charge in [0.1, 0.15) is 0 Å². The van der Waals surface area contributed by atoms with E-state index in [1.54, 1.807) is 6.20 Å². The summed E-state index contributed by atoms with van der Waals surface area (Å²) < 4.78 is 7.29. The van der Waals surface area contributed by atoms with Gasteiger partial charge in [-0.05, 0) is 32.9 Å². The monoisotopic (exact) mass is 324 g/mol. The predicted octanol–water partition coefficient (Wildman–Crippen LogP) is 3.65. The average Bonchev–Trinajstić information content (AvgIpc) is 3.13. The van der Waals surface area contributed by atoms with Crippen molar-refractivity contribution in [1.29, 1.82) is 0 Å². The minimum atomic E-state index is -0.495. The molecule has 124 valence electrons. The summed E-state index contributed by atoms with van der Waals surface area (Å²) in [6.45, 7) is 6.45. The Labute approximate surface area is 140 Å². The van der Waals surface area contributed by atoms with Crippen LogP contribution in [0.2, 0.25) is 0 Å². The first-order valence-corrected chi connectivity index (χ1v) is 7.96. The fourth-order valence-electron chi connectivity index (χ4n) is 3.10. The summed E-state index contributed by atoms with van der Waals surface area (Å²) in [5, 5.41) is 0.791. The maximum Gasteiger partial charge on any atom is 0.340 e. The highest BCUT2D eigenvalue weighted by Crippen LogP contribution is 2.19. The number of benzene rings is 1. The maximum atomic E-state index is 12.4. The molecule has 5 heteroatoms. The number of Topliss-reactive ketones (excluding diaryl/α,β-unsaturated/α-hetero) is 1. The number of carbonyl (C=O) groups excluding carboxylic acids is 2. The molecule has 0 bridgehead atoms. The van der Waals surface area contributed by atoms with Crippen molar-refractivity contribution in [2.75, 3.05) is 6.61 Å². The van der Waals surface area contributed by atoms with Gasteiger partial charge >= 0.3 is 5.97 Å². The van der Waals surface area contributed by atoms with Crippen LogP contribution in [-0.4, -0.2) is 27.9 Å². The van der Waals surface area contributed by atoms with Crippen LogP contribution in [0.3, 0.4) is 0 Å². The summed E-state index contributed by atoms with van der Waals surface area (Å²) in [5.41, 5.74) is 3.85. The molecule has 2 aromatic heterocycles. The molecule has 0 saturated heterocycles. The number of ketones is 1. The number of rotatable bonds is 5. The van der Waals surface area contributed by atoms with Crippen molar-refractivity contribution in [3.8, 4) is 0 Å². The molecule has 3 aromatic rings. The maximum absolute atomic E-state index is 12.4. The lowest BCUT2D eigenvalue weighted by Crippen LogP contribution is -2.15. The summed E-state index contributed by atoms with van der Waals surface area (Å²) in [6.07, 6.45) is 1.61. The van der Waals surface area contributed by atoms with Gasteiger partial charge in [0, 0.05) is 40.6 Å². The van der Waals surface area contributed by atoms with Crippen molar-refractivity contribution in [3.63, 3.8) is 0 Å². The van der Waals surface area contributed by atoms with Gasteiger partial charge in [0.15, 0.2) is 6.61 Å². The number of esters is 1. The zero-order valence-electron chi connectivity index (χ0n) is 14.1. The Bertz CT molecular complexity index is 918. The Hall–Kier alpha value is -2.82.